The number of rotatable bonds is 8. The van der Waals surface area contributed by atoms with Crippen LogP contribution >= 0.6 is 0 Å². The summed E-state index contributed by atoms with van der Waals surface area (Å²) in [5, 5.41) is 0. The summed E-state index contributed by atoms with van der Waals surface area (Å²) in [5.74, 6) is -2.25. The average Bonchev–Trinajstić information content (AvgIpc) is 3.37. The number of fused-ring (bicyclic) bond motifs is 1. The number of carbonyl (C=O) groups is 4. The molecule has 0 heterocycles. The van der Waals surface area contributed by atoms with E-state index in [1.54, 1.807) is 26.0 Å². The summed E-state index contributed by atoms with van der Waals surface area (Å²) < 4.78 is 16.7. The molecule has 0 N–H and O–H groups in total. The average molecular weight is 447 g/mol. The van der Waals surface area contributed by atoms with Gasteiger partial charge in [-0.05, 0) is 58.1 Å². The van der Waals surface area contributed by atoms with E-state index in [0.717, 1.165) is 12.0 Å². The van der Waals surface area contributed by atoms with Crippen LogP contribution in [0, 0.1) is 17.3 Å². The normalized spacial score (nSPS) is 28.5. The van der Waals surface area contributed by atoms with Crippen LogP contribution in [0.3, 0.4) is 0 Å². The second kappa shape index (κ2) is 9.84. The third kappa shape index (κ3) is 5.56. The molecule has 0 bridgehead atoms. The monoisotopic (exact) mass is 446 g/mol. The zero-order chi connectivity index (χ0) is 24.4. The lowest BCUT2D eigenvalue weighted by atomic mass is 9.74. The number of hydrogen-bond donors (Lipinski definition) is 0. The van der Waals surface area contributed by atoms with Gasteiger partial charge in [0.25, 0.3) is 0 Å². The Morgan fingerprint density at radius 1 is 1.09 bits per heavy atom. The van der Waals surface area contributed by atoms with Crippen LogP contribution < -0.4 is 0 Å². The van der Waals surface area contributed by atoms with E-state index in [1.165, 1.54) is 13.8 Å². The number of hydrogen-bond acceptors (Lipinski definition) is 7. The standard InChI is InChI=1S/C25H34O7/c1-9-14(4)24(29)32-21(20(10-13(2)3)30-16(6)26)15(5)19-11-18-12-25(18,8)23(28)22(19)31-17(7)27/h9-10,18-22H,5,11-12H2,1-4,6-8H3/b14-9-/t18-,19+,20?,21?,22+,25+/m0/s1. The van der Waals surface area contributed by atoms with Crippen molar-refractivity contribution in [2.24, 2.45) is 17.3 Å². The number of carbonyl (C=O) groups excluding carboxylic acids is 4. The SMILES string of the molecule is C=C(C(OC(=O)/C(C)=C\C)C(C=C(C)C)OC(C)=O)[C@H]1C[C@H]2C[C@@]2(C)C(=O)[C@@H]1OC(C)=O. The van der Waals surface area contributed by atoms with Gasteiger partial charge in [-0.25, -0.2) is 4.79 Å². The van der Waals surface area contributed by atoms with Gasteiger partial charge in [-0.2, -0.15) is 0 Å². The van der Waals surface area contributed by atoms with E-state index < -0.39 is 47.6 Å². The molecule has 0 amide bonds. The molecular weight excluding hydrogens is 412 g/mol. The number of Topliss-reactive ketones (excluding diaryl/α,β-unsaturated/α-hetero) is 1. The zero-order valence-electron chi connectivity index (χ0n) is 20.0. The summed E-state index contributed by atoms with van der Waals surface area (Å²) in [5.41, 5.74) is 1.12. The molecule has 2 unspecified atom stereocenters. The number of esters is 3. The van der Waals surface area contributed by atoms with E-state index >= 15 is 0 Å². The smallest absolute Gasteiger partial charge is 0.334 e. The largest absolute Gasteiger partial charge is 0.454 e. The number of ketones is 1. The lowest BCUT2D eigenvalue weighted by Gasteiger charge is -2.37. The van der Waals surface area contributed by atoms with Crippen molar-refractivity contribution in [3.05, 3.63) is 35.5 Å². The molecule has 2 aliphatic carbocycles. The first-order valence-corrected chi connectivity index (χ1v) is 10.9. The Bertz CT molecular complexity index is 877. The Balaban J connectivity index is 2.47. The van der Waals surface area contributed by atoms with Gasteiger partial charge in [0.05, 0.1) is 0 Å². The summed E-state index contributed by atoms with van der Waals surface area (Å²) >= 11 is 0. The van der Waals surface area contributed by atoms with Crippen molar-refractivity contribution in [2.45, 2.75) is 79.6 Å². The summed E-state index contributed by atoms with van der Waals surface area (Å²) in [4.78, 5) is 49.4. The van der Waals surface area contributed by atoms with E-state index in [4.69, 9.17) is 14.2 Å². The Morgan fingerprint density at radius 3 is 2.22 bits per heavy atom. The topological polar surface area (TPSA) is 96.0 Å². The number of allylic oxidation sites excluding steroid dienone is 2. The molecule has 2 aliphatic rings. The van der Waals surface area contributed by atoms with Gasteiger partial charge in [0.2, 0.25) is 0 Å². The molecule has 6 atom stereocenters. The predicted octanol–water partition coefficient (Wildman–Crippen LogP) is 3.87. The molecule has 2 rings (SSSR count). The molecule has 0 saturated heterocycles. The fourth-order valence-electron chi connectivity index (χ4n) is 4.29. The second-order valence-corrected chi connectivity index (χ2v) is 9.25. The quantitative estimate of drug-likeness (QED) is 0.242. The fourth-order valence-corrected chi connectivity index (χ4v) is 4.29. The minimum Gasteiger partial charge on any atom is -0.454 e. The Hall–Kier alpha value is -2.70. The fraction of sp³-hybridized carbons (Fsp3) is 0.600. The summed E-state index contributed by atoms with van der Waals surface area (Å²) in [6.07, 6.45) is 1.59. The Morgan fingerprint density at radius 2 is 1.72 bits per heavy atom. The van der Waals surface area contributed by atoms with Crippen LogP contribution in [-0.2, 0) is 33.4 Å². The molecule has 0 aromatic carbocycles. The molecule has 0 aliphatic heterocycles. The summed E-state index contributed by atoms with van der Waals surface area (Å²) in [6.45, 7) is 15.6. The minimum absolute atomic E-state index is 0.143. The van der Waals surface area contributed by atoms with Crippen molar-refractivity contribution in [1.29, 1.82) is 0 Å². The first kappa shape index (κ1) is 25.6. The van der Waals surface area contributed by atoms with Gasteiger partial charge in [-0.3, -0.25) is 14.4 Å². The van der Waals surface area contributed by atoms with Crippen molar-refractivity contribution >= 4 is 23.7 Å². The third-order valence-electron chi connectivity index (χ3n) is 6.36. The van der Waals surface area contributed by atoms with Crippen LogP contribution in [0.2, 0.25) is 0 Å². The third-order valence-corrected chi connectivity index (χ3v) is 6.36. The van der Waals surface area contributed by atoms with Gasteiger partial charge >= 0.3 is 17.9 Å². The highest BCUT2D eigenvalue weighted by Gasteiger charge is 2.64. The van der Waals surface area contributed by atoms with Crippen LogP contribution in [0.5, 0.6) is 0 Å². The molecule has 2 fully saturated rings. The molecular formula is C25H34O7. The van der Waals surface area contributed by atoms with E-state index in [0.29, 0.717) is 17.6 Å². The molecule has 2 saturated carbocycles. The lowest BCUT2D eigenvalue weighted by molar-refractivity contribution is -0.163. The minimum atomic E-state index is -1.05. The van der Waals surface area contributed by atoms with Crippen LogP contribution in [0.25, 0.3) is 0 Å². The van der Waals surface area contributed by atoms with Crippen LogP contribution in [0.4, 0.5) is 0 Å². The van der Waals surface area contributed by atoms with Gasteiger partial charge in [0.15, 0.2) is 24.1 Å². The molecule has 0 radical (unpaired) electrons. The molecule has 176 valence electrons. The van der Waals surface area contributed by atoms with Gasteiger partial charge in [0, 0.05) is 30.8 Å². The molecule has 32 heavy (non-hydrogen) atoms. The molecule has 7 nitrogen and oxygen atoms in total. The molecule has 7 heteroatoms. The summed E-state index contributed by atoms with van der Waals surface area (Å²) in [6, 6.07) is 0. The van der Waals surface area contributed by atoms with Gasteiger partial charge < -0.3 is 14.2 Å². The first-order valence-electron chi connectivity index (χ1n) is 10.9. The van der Waals surface area contributed by atoms with Crippen molar-refractivity contribution in [3.8, 4) is 0 Å². The van der Waals surface area contributed by atoms with E-state index in [1.807, 2.05) is 20.8 Å². The van der Waals surface area contributed by atoms with Crippen molar-refractivity contribution in [1.82, 2.24) is 0 Å². The molecule has 0 aromatic rings. The first-order chi connectivity index (χ1) is 14.8. The summed E-state index contributed by atoms with van der Waals surface area (Å²) in [7, 11) is 0. The van der Waals surface area contributed by atoms with E-state index in [9.17, 15) is 19.2 Å². The maximum absolute atomic E-state index is 13.1. The van der Waals surface area contributed by atoms with Gasteiger partial charge in [-0.1, -0.05) is 25.2 Å². The maximum atomic E-state index is 13.1. The second-order valence-electron chi connectivity index (χ2n) is 9.25. The van der Waals surface area contributed by atoms with Crippen molar-refractivity contribution < 1.29 is 33.4 Å². The predicted molar refractivity (Wildman–Crippen MR) is 118 cm³/mol. The molecule has 0 aromatic heterocycles. The highest BCUT2D eigenvalue weighted by molar-refractivity contribution is 5.94. The zero-order valence-corrected chi connectivity index (χ0v) is 20.0. The lowest BCUT2D eigenvalue weighted by Crippen LogP contribution is -2.47. The van der Waals surface area contributed by atoms with Gasteiger partial charge in [0.1, 0.15) is 0 Å². The van der Waals surface area contributed by atoms with Crippen molar-refractivity contribution in [3.63, 3.8) is 0 Å². The highest BCUT2D eigenvalue weighted by Crippen LogP contribution is 2.61. The van der Waals surface area contributed by atoms with E-state index in [-0.39, 0.29) is 11.7 Å². The van der Waals surface area contributed by atoms with E-state index in [2.05, 4.69) is 6.58 Å². The number of ether oxygens (including phenoxy) is 3. The molecule has 0 spiro atoms. The van der Waals surface area contributed by atoms with Crippen LogP contribution in [-0.4, -0.2) is 42.0 Å². The van der Waals surface area contributed by atoms with Gasteiger partial charge in [-0.15, -0.1) is 0 Å². The van der Waals surface area contributed by atoms with Crippen LogP contribution in [0.1, 0.15) is 61.3 Å². The van der Waals surface area contributed by atoms with Crippen molar-refractivity contribution in [2.75, 3.05) is 0 Å². The maximum Gasteiger partial charge on any atom is 0.334 e. The Labute approximate surface area is 189 Å². The van der Waals surface area contributed by atoms with Crippen LogP contribution in [0.15, 0.2) is 35.5 Å². The highest BCUT2D eigenvalue weighted by atomic mass is 16.6. The Kier molecular flexibility index (Phi) is 7.86.